The molecule has 1 heterocycles. The maximum atomic E-state index is 12.5. The van der Waals surface area contributed by atoms with E-state index in [-0.39, 0.29) is 17.2 Å². The second-order valence-corrected chi connectivity index (χ2v) is 8.46. The van der Waals surface area contributed by atoms with Gasteiger partial charge in [0.05, 0.1) is 11.4 Å². The summed E-state index contributed by atoms with van der Waals surface area (Å²) < 4.78 is 3.23. The minimum absolute atomic E-state index is 0.132. The van der Waals surface area contributed by atoms with Gasteiger partial charge in [-0.3, -0.25) is 14.2 Å². The van der Waals surface area contributed by atoms with Crippen LogP contribution in [0.5, 0.6) is 0 Å². The topological polar surface area (TPSA) is 64.0 Å². The Bertz CT molecular complexity index is 1020. The molecule has 1 amide bonds. The van der Waals surface area contributed by atoms with Gasteiger partial charge in [-0.2, -0.15) is 0 Å². The molecule has 8 heteroatoms. The Labute approximate surface area is 177 Å². The number of hydrogen-bond acceptors (Lipinski definition) is 4. The zero-order chi connectivity index (χ0) is 19.4. The summed E-state index contributed by atoms with van der Waals surface area (Å²) in [7, 11) is 0. The van der Waals surface area contributed by atoms with Crippen molar-refractivity contribution in [1.29, 1.82) is 0 Å². The SMILES string of the molecule is Cc1cc(=O)n(-c2ccccc2)c(SCC(=O)Nc2cc(Br)cc(Br)c2)n1. The lowest BCUT2D eigenvalue weighted by Crippen LogP contribution is -2.22. The van der Waals surface area contributed by atoms with Crippen LogP contribution in [0.15, 0.2) is 73.5 Å². The molecule has 0 bridgehead atoms. The van der Waals surface area contributed by atoms with E-state index in [0.29, 0.717) is 22.2 Å². The third-order valence-electron chi connectivity index (χ3n) is 3.51. The van der Waals surface area contributed by atoms with Crippen LogP contribution in [0.3, 0.4) is 0 Å². The molecule has 0 saturated carbocycles. The van der Waals surface area contributed by atoms with E-state index >= 15 is 0 Å². The van der Waals surface area contributed by atoms with E-state index in [1.807, 2.05) is 48.5 Å². The Balaban J connectivity index is 1.79. The molecule has 0 unspecified atom stereocenters. The zero-order valence-corrected chi connectivity index (χ0v) is 18.3. The second-order valence-electron chi connectivity index (χ2n) is 5.68. The lowest BCUT2D eigenvalue weighted by molar-refractivity contribution is -0.113. The van der Waals surface area contributed by atoms with Crippen LogP contribution in [0.2, 0.25) is 0 Å². The van der Waals surface area contributed by atoms with Gasteiger partial charge in [-0.1, -0.05) is 61.8 Å². The summed E-state index contributed by atoms with van der Waals surface area (Å²) in [5.41, 5.74) is 1.84. The quantitative estimate of drug-likeness (QED) is 0.397. The monoisotopic (exact) mass is 507 g/mol. The number of rotatable bonds is 5. The average Bonchev–Trinajstić information content (AvgIpc) is 2.59. The molecule has 0 spiro atoms. The number of nitrogens with one attached hydrogen (secondary N) is 1. The maximum absolute atomic E-state index is 12.5. The first kappa shape index (κ1) is 19.9. The van der Waals surface area contributed by atoms with Crippen LogP contribution in [0, 0.1) is 6.92 Å². The minimum Gasteiger partial charge on any atom is -0.325 e. The van der Waals surface area contributed by atoms with Crippen LogP contribution >= 0.6 is 43.6 Å². The smallest absolute Gasteiger partial charge is 0.258 e. The highest BCUT2D eigenvalue weighted by molar-refractivity contribution is 9.11. The number of hydrogen-bond donors (Lipinski definition) is 1. The van der Waals surface area contributed by atoms with Crippen molar-refractivity contribution in [2.75, 3.05) is 11.1 Å². The van der Waals surface area contributed by atoms with Gasteiger partial charge in [0.1, 0.15) is 0 Å². The van der Waals surface area contributed by atoms with Gasteiger partial charge in [0.15, 0.2) is 5.16 Å². The number of amides is 1. The van der Waals surface area contributed by atoms with E-state index in [4.69, 9.17) is 0 Å². The summed E-state index contributed by atoms with van der Waals surface area (Å²) in [5.74, 6) is -0.0484. The average molecular weight is 509 g/mol. The number of thioether (sulfide) groups is 1. The number of anilines is 1. The van der Waals surface area contributed by atoms with Gasteiger partial charge >= 0.3 is 0 Å². The summed E-state index contributed by atoms with van der Waals surface area (Å²) in [5, 5.41) is 3.33. The van der Waals surface area contributed by atoms with Crippen molar-refractivity contribution in [3.63, 3.8) is 0 Å². The van der Waals surface area contributed by atoms with Gasteiger partial charge in [0.2, 0.25) is 5.91 Å². The summed E-state index contributed by atoms with van der Waals surface area (Å²) in [6.07, 6.45) is 0. The number of para-hydroxylation sites is 1. The van der Waals surface area contributed by atoms with Gasteiger partial charge in [-0.25, -0.2) is 4.98 Å². The number of carbonyl (C=O) groups excluding carboxylic acids is 1. The van der Waals surface area contributed by atoms with Crippen molar-refractivity contribution in [2.45, 2.75) is 12.1 Å². The van der Waals surface area contributed by atoms with E-state index in [0.717, 1.165) is 8.95 Å². The first-order valence-electron chi connectivity index (χ1n) is 7.97. The van der Waals surface area contributed by atoms with Gasteiger partial charge in [-0.05, 0) is 37.3 Å². The molecule has 1 N–H and O–H groups in total. The van der Waals surface area contributed by atoms with Crippen molar-refractivity contribution in [3.8, 4) is 5.69 Å². The molecule has 0 aliphatic carbocycles. The van der Waals surface area contributed by atoms with Crippen LogP contribution in [-0.2, 0) is 4.79 Å². The highest BCUT2D eigenvalue weighted by atomic mass is 79.9. The number of halogens is 2. The van der Waals surface area contributed by atoms with E-state index in [2.05, 4.69) is 42.2 Å². The lowest BCUT2D eigenvalue weighted by atomic mass is 10.3. The summed E-state index contributed by atoms with van der Waals surface area (Å²) in [4.78, 5) is 29.3. The number of aryl methyl sites for hydroxylation is 1. The molecule has 138 valence electrons. The van der Waals surface area contributed by atoms with Crippen LogP contribution in [-0.4, -0.2) is 21.2 Å². The van der Waals surface area contributed by atoms with Crippen molar-refractivity contribution in [3.05, 3.63) is 79.6 Å². The van der Waals surface area contributed by atoms with Crippen molar-refractivity contribution in [1.82, 2.24) is 9.55 Å². The van der Waals surface area contributed by atoms with E-state index in [1.165, 1.54) is 22.4 Å². The zero-order valence-electron chi connectivity index (χ0n) is 14.3. The Morgan fingerprint density at radius 1 is 1.11 bits per heavy atom. The molecule has 0 aliphatic heterocycles. The number of carbonyl (C=O) groups is 1. The highest BCUT2D eigenvalue weighted by Gasteiger charge is 2.12. The molecule has 0 aliphatic rings. The molecule has 1 aromatic heterocycles. The first-order valence-corrected chi connectivity index (χ1v) is 10.5. The standard InChI is InChI=1S/C19H15Br2N3O2S/c1-12-7-18(26)24(16-5-3-2-4-6-16)19(22-12)27-11-17(25)23-15-9-13(20)8-14(21)10-15/h2-10H,11H2,1H3,(H,23,25). The number of aromatic nitrogens is 2. The fourth-order valence-electron chi connectivity index (χ4n) is 2.44. The fourth-order valence-corrected chi connectivity index (χ4v) is 4.59. The van der Waals surface area contributed by atoms with Crippen molar-refractivity contribution >= 4 is 55.2 Å². The number of benzene rings is 2. The molecule has 0 atom stereocenters. The normalized spacial score (nSPS) is 10.6. The first-order chi connectivity index (χ1) is 12.9. The summed E-state index contributed by atoms with van der Waals surface area (Å²) >= 11 is 8.01. The molecule has 2 aromatic carbocycles. The Morgan fingerprint density at radius 2 is 1.78 bits per heavy atom. The molecule has 0 fully saturated rings. The van der Waals surface area contributed by atoms with E-state index in [9.17, 15) is 9.59 Å². The maximum Gasteiger partial charge on any atom is 0.258 e. The fraction of sp³-hybridized carbons (Fsp3) is 0.105. The lowest BCUT2D eigenvalue weighted by Gasteiger charge is -2.12. The highest BCUT2D eigenvalue weighted by Crippen LogP contribution is 2.24. The van der Waals surface area contributed by atoms with Gasteiger partial charge in [-0.15, -0.1) is 0 Å². The molecule has 0 saturated heterocycles. The second kappa shape index (κ2) is 8.86. The van der Waals surface area contributed by atoms with Crippen LogP contribution < -0.4 is 10.9 Å². The Kier molecular flexibility index (Phi) is 6.51. The van der Waals surface area contributed by atoms with Crippen molar-refractivity contribution in [2.24, 2.45) is 0 Å². The molecule has 27 heavy (non-hydrogen) atoms. The summed E-state index contributed by atoms with van der Waals surface area (Å²) in [6.45, 7) is 1.76. The molecule has 3 aromatic rings. The van der Waals surface area contributed by atoms with E-state index in [1.54, 1.807) is 6.92 Å². The summed E-state index contributed by atoms with van der Waals surface area (Å²) in [6, 6.07) is 16.3. The molecule has 0 radical (unpaired) electrons. The third kappa shape index (κ3) is 5.31. The minimum atomic E-state index is -0.180. The van der Waals surface area contributed by atoms with Crippen LogP contribution in [0.25, 0.3) is 5.69 Å². The largest absolute Gasteiger partial charge is 0.325 e. The van der Waals surface area contributed by atoms with Crippen LogP contribution in [0.1, 0.15) is 5.69 Å². The molecule has 3 rings (SSSR count). The molecular weight excluding hydrogens is 494 g/mol. The predicted molar refractivity (Wildman–Crippen MR) is 116 cm³/mol. The number of nitrogens with zero attached hydrogens (tertiary/aromatic N) is 2. The Hall–Kier alpha value is -1.90. The van der Waals surface area contributed by atoms with Crippen LogP contribution in [0.4, 0.5) is 5.69 Å². The Morgan fingerprint density at radius 3 is 2.44 bits per heavy atom. The molecular formula is C19H15Br2N3O2S. The van der Waals surface area contributed by atoms with Gasteiger partial charge in [0.25, 0.3) is 5.56 Å². The van der Waals surface area contributed by atoms with Gasteiger partial charge in [0, 0.05) is 26.4 Å². The van der Waals surface area contributed by atoms with Crippen molar-refractivity contribution < 1.29 is 4.79 Å². The predicted octanol–water partition coefficient (Wildman–Crippen LogP) is 4.80. The van der Waals surface area contributed by atoms with Gasteiger partial charge < -0.3 is 5.32 Å². The molecule has 5 nitrogen and oxygen atoms in total. The van der Waals surface area contributed by atoms with E-state index < -0.39 is 0 Å². The third-order valence-corrected chi connectivity index (χ3v) is 5.36.